The predicted octanol–water partition coefficient (Wildman–Crippen LogP) is 4.21. The fraction of sp³-hybridized carbons (Fsp3) is 1.00. The number of hydrogen-bond donors (Lipinski definition) is 0. The third-order valence-corrected chi connectivity index (χ3v) is 3.71. The van der Waals surface area contributed by atoms with Gasteiger partial charge in [-0.15, -0.1) is 0 Å². The Balaban J connectivity index is 3.02. The highest BCUT2D eigenvalue weighted by atomic mass is 33.1. The second-order valence-electron chi connectivity index (χ2n) is 3.02. The van der Waals surface area contributed by atoms with Crippen molar-refractivity contribution in [2.24, 2.45) is 5.92 Å². The van der Waals surface area contributed by atoms with E-state index < -0.39 is 0 Å². The molecule has 1 unspecified atom stereocenters. The topological polar surface area (TPSA) is 0 Å². The molecule has 0 heterocycles. The van der Waals surface area contributed by atoms with Gasteiger partial charge in [0.2, 0.25) is 0 Å². The van der Waals surface area contributed by atoms with Crippen molar-refractivity contribution in [3.8, 4) is 0 Å². The molecule has 0 bridgehead atoms. The van der Waals surface area contributed by atoms with E-state index in [2.05, 4.69) is 20.1 Å². The third kappa shape index (κ3) is 8.61. The van der Waals surface area contributed by atoms with Gasteiger partial charge in [0.15, 0.2) is 0 Å². The molecule has 68 valence electrons. The van der Waals surface area contributed by atoms with E-state index in [1.165, 1.54) is 31.4 Å². The summed E-state index contributed by atoms with van der Waals surface area (Å²) in [4.78, 5) is 0. The van der Waals surface area contributed by atoms with Crippen LogP contribution in [0.25, 0.3) is 0 Å². The van der Waals surface area contributed by atoms with Crippen LogP contribution < -0.4 is 0 Å². The molecule has 0 saturated carbocycles. The quantitative estimate of drug-likeness (QED) is 0.438. The van der Waals surface area contributed by atoms with Gasteiger partial charge >= 0.3 is 0 Å². The summed E-state index contributed by atoms with van der Waals surface area (Å²) in [5.74, 6) is 2.26. The van der Waals surface area contributed by atoms with Crippen LogP contribution in [-0.4, -0.2) is 12.0 Å². The van der Waals surface area contributed by atoms with E-state index in [0.29, 0.717) is 0 Å². The molecule has 1 atom stereocenters. The molecule has 0 aromatic heterocycles. The largest absolute Gasteiger partial charge is 0.0976 e. The Morgan fingerprint density at radius 1 is 1.27 bits per heavy atom. The predicted molar refractivity (Wildman–Crippen MR) is 59.3 cm³/mol. The van der Waals surface area contributed by atoms with E-state index >= 15 is 0 Å². The van der Waals surface area contributed by atoms with Crippen LogP contribution in [0.3, 0.4) is 0 Å². The smallest absolute Gasteiger partial charge is 0.00393 e. The van der Waals surface area contributed by atoms with Gasteiger partial charge in [-0.3, -0.25) is 0 Å². The van der Waals surface area contributed by atoms with E-state index in [1.807, 2.05) is 21.6 Å². The minimum absolute atomic E-state index is 0.939. The lowest BCUT2D eigenvalue weighted by Crippen LogP contribution is -1.95. The summed E-state index contributed by atoms with van der Waals surface area (Å²) in [5, 5.41) is 0. The second kappa shape index (κ2) is 8.79. The fourth-order valence-electron chi connectivity index (χ4n) is 1.03. The van der Waals surface area contributed by atoms with E-state index in [9.17, 15) is 0 Å². The zero-order valence-electron chi connectivity index (χ0n) is 7.93. The summed E-state index contributed by atoms with van der Waals surface area (Å²) >= 11 is 0. The molecule has 0 rings (SSSR count). The monoisotopic (exact) mass is 192 g/mol. The maximum Gasteiger partial charge on any atom is 0.00393 e. The molecular weight excluding hydrogens is 172 g/mol. The van der Waals surface area contributed by atoms with Crippen molar-refractivity contribution in [3.05, 3.63) is 0 Å². The van der Waals surface area contributed by atoms with Gasteiger partial charge < -0.3 is 0 Å². The number of hydrogen-bond acceptors (Lipinski definition) is 2. The normalized spacial score (nSPS) is 13.4. The first-order valence-corrected chi connectivity index (χ1v) is 7.19. The molecule has 0 aliphatic heterocycles. The SMILES string of the molecule is CCCCC(C)CCSSC. The first-order chi connectivity index (χ1) is 5.31. The summed E-state index contributed by atoms with van der Waals surface area (Å²) in [7, 11) is 3.87. The maximum absolute atomic E-state index is 2.37. The highest BCUT2D eigenvalue weighted by Crippen LogP contribution is 2.21. The Bertz CT molecular complexity index is 74.0. The molecule has 0 aromatic rings. The Kier molecular flexibility index (Phi) is 9.35. The van der Waals surface area contributed by atoms with Crippen molar-refractivity contribution in [1.29, 1.82) is 0 Å². The standard InChI is InChI=1S/C9H20S2/c1-4-5-6-9(2)7-8-11-10-3/h9H,4-8H2,1-3H3. The van der Waals surface area contributed by atoms with Gasteiger partial charge in [0, 0.05) is 5.75 Å². The highest BCUT2D eigenvalue weighted by Gasteiger charge is 2.00. The van der Waals surface area contributed by atoms with Gasteiger partial charge in [-0.05, 0) is 18.6 Å². The Morgan fingerprint density at radius 2 is 2.00 bits per heavy atom. The maximum atomic E-state index is 2.37. The first-order valence-electron chi connectivity index (χ1n) is 4.46. The third-order valence-electron chi connectivity index (χ3n) is 1.86. The number of unbranched alkanes of at least 4 members (excludes halogenated alkanes) is 1. The minimum Gasteiger partial charge on any atom is -0.0976 e. The van der Waals surface area contributed by atoms with Gasteiger partial charge in [-0.1, -0.05) is 54.7 Å². The molecule has 2 heteroatoms. The lowest BCUT2D eigenvalue weighted by Gasteiger charge is -2.08. The van der Waals surface area contributed by atoms with Gasteiger partial charge in [0.1, 0.15) is 0 Å². The molecule has 0 radical (unpaired) electrons. The molecule has 0 saturated heterocycles. The number of rotatable bonds is 7. The van der Waals surface area contributed by atoms with Gasteiger partial charge in [-0.25, -0.2) is 0 Å². The summed E-state index contributed by atoms with van der Waals surface area (Å²) in [6.45, 7) is 4.64. The molecule has 0 spiro atoms. The van der Waals surface area contributed by atoms with Crippen LogP contribution in [0.4, 0.5) is 0 Å². The van der Waals surface area contributed by atoms with Crippen LogP contribution in [0.2, 0.25) is 0 Å². The van der Waals surface area contributed by atoms with Crippen LogP contribution in [0.5, 0.6) is 0 Å². The van der Waals surface area contributed by atoms with Crippen molar-refractivity contribution < 1.29 is 0 Å². The molecular formula is C9H20S2. The molecule has 11 heavy (non-hydrogen) atoms. The van der Waals surface area contributed by atoms with Crippen molar-refractivity contribution in [3.63, 3.8) is 0 Å². The van der Waals surface area contributed by atoms with Crippen molar-refractivity contribution in [2.45, 2.75) is 39.5 Å². The van der Waals surface area contributed by atoms with Crippen LogP contribution in [0.15, 0.2) is 0 Å². The van der Waals surface area contributed by atoms with Crippen molar-refractivity contribution in [1.82, 2.24) is 0 Å². The van der Waals surface area contributed by atoms with Crippen molar-refractivity contribution in [2.75, 3.05) is 12.0 Å². The molecule has 0 amide bonds. The average Bonchev–Trinajstić information content (AvgIpc) is 2.01. The second-order valence-corrected chi connectivity index (χ2v) is 5.71. The minimum atomic E-state index is 0.939. The molecule has 0 aliphatic carbocycles. The van der Waals surface area contributed by atoms with Crippen LogP contribution in [0, 0.1) is 5.92 Å². The Hall–Kier alpha value is 0.700. The van der Waals surface area contributed by atoms with Gasteiger partial charge in [-0.2, -0.15) is 0 Å². The zero-order valence-corrected chi connectivity index (χ0v) is 9.56. The lowest BCUT2D eigenvalue weighted by atomic mass is 10.0. The van der Waals surface area contributed by atoms with Crippen LogP contribution in [-0.2, 0) is 0 Å². The summed E-state index contributed by atoms with van der Waals surface area (Å²) in [5.41, 5.74) is 0. The first kappa shape index (κ1) is 11.7. The van der Waals surface area contributed by atoms with E-state index in [1.54, 1.807) is 0 Å². The van der Waals surface area contributed by atoms with Crippen LogP contribution >= 0.6 is 21.6 Å². The van der Waals surface area contributed by atoms with Crippen molar-refractivity contribution >= 4 is 21.6 Å². The highest BCUT2D eigenvalue weighted by molar-refractivity contribution is 8.76. The molecule has 0 fully saturated rings. The van der Waals surface area contributed by atoms with E-state index in [-0.39, 0.29) is 0 Å². The average molecular weight is 192 g/mol. The van der Waals surface area contributed by atoms with Gasteiger partial charge in [0.05, 0.1) is 0 Å². The molecule has 0 aliphatic rings. The summed E-state index contributed by atoms with van der Waals surface area (Å²) in [6.07, 6.45) is 7.73. The Morgan fingerprint density at radius 3 is 2.55 bits per heavy atom. The molecule has 0 nitrogen and oxygen atoms in total. The van der Waals surface area contributed by atoms with E-state index in [0.717, 1.165) is 5.92 Å². The van der Waals surface area contributed by atoms with E-state index in [4.69, 9.17) is 0 Å². The Labute approximate surface area is 79.3 Å². The summed E-state index contributed by atoms with van der Waals surface area (Å²) < 4.78 is 0. The van der Waals surface area contributed by atoms with Crippen LogP contribution in [0.1, 0.15) is 39.5 Å². The van der Waals surface area contributed by atoms with Gasteiger partial charge in [0.25, 0.3) is 0 Å². The fourth-order valence-corrected chi connectivity index (χ4v) is 2.48. The molecule has 0 N–H and O–H groups in total. The lowest BCUT2D eigenvalue weighted by molar-refractivity contribution is 0.495. The summed E-state index contributed by atoms with van der Waals surface area (Å²) in [6, 6.07) is 0. The zero-order chi connectivity index (χ0) is 8.53. The molecule has 0 aromatic carbocycles.